The van der Waals surface area contributed by atoms with Gasteiger partial charge in [0, 0.05) is 26.7 Å². The molecular weight excluding hydrogens is 374 g/mol. The van der Waals surface area contributed by atoms with Crippen molar-refractivity contribution < 1.29 is 0 Å². The van der Waals surface area contributed by atoms with Gasteiger partial charge in [0.15, 0.2) is 0 Å². The summed E-state index contributed by atoms with van der Waals surface area (Å²) in [5, 5.41) is 18.9. The number of hydrogen-bond acceptors (Lipinski definition) is 7. The van der Waals surface area contributed by atoms with E-state index in [2.05, 4.69) is 16.0 Å². The number of allylic oxidation sites excluding steroid dienone is 1. The number of anilines is 3. The monoisotopic (exact) mass is 385 g/mol. The first-order chi connectivity index (χ1) is 13.3. The molecule has 0 saturated heterocycles. The van der Waals surface area contributed by atoms with Gasteiger partial charge in [0.05, 0.1) is 0 Å². The van der Waals surface area contributed by atoms with Crippen molar-refractivity contribution in [3.05, 3.63) is 71.4 Å². The zero-order valence-corrected chi connectivity index (χ0v) is 15.5. The Bertz CT molecular complexity index is 1110. The maximum absolute atomic E-state index is 8.93. The van der Waals surface area contributed by atoms with Gasteiger partial charge < -0.3 is 0 Å². The second-order valence-electron chi connectivity index (χ2n) is 5.45. The quantitative estimate of drug-likeness (QED) is 0.424. The van der Waals surface area contributed by atoms with Crippen LogP contribution in [0.2, 0.25) is 0 Å². The minimum absolute atomic E-state index is 0.104. The second kappa shape index (κ2) is 7.38. The van der Waals surface area contributed by atoms with E-state index in [0.717, 1.165) is 30.9 Å². The molecule has 0 aliphatic heterocycles. The molecule has 0 saturated carbocycles. The summed E-state index contributed by atoms with van der Waals surface area (Å²) >= 11 is 3.17. The van der Waals surface area contributed by atoms with E-state index >= 15 is 0 Å². The first-order valence-corrected chi connectivity index (χ1v) is 9.59. The lowest BCUT2D eigenvalue weighted by Gasteiger charge is -2.20. The van der Waals surface area contributed by atoms with Crippen LogP contribution < -0.4 is 4.90 Å². The van der Waals surface area contributed by atoms with Crippen molar-refractivity contribution in [1.29, 1.82) is 10.5 Å². The summed E-state index contributed by atoms with van der Waals surface area (Å²) in [6.45, 7) is 0. The topological polar surface area (TPSA) is 76.6 Å². The minimum atomic E-state index is 0.104. The van der Waals surface area contributed by atoms with E-state index in [-0.39, 0.29) is 5.57 Å². The summed E-state index contributed by atoms with van der Waals surface area (Å²) in [6.07, 6.45) is 5.14. The van der Waals surface area contributed by atoms with E-state index in [0.29, 0.717) is 0 Å². The molecule has 0 unspecified atom stereocenters. The Hall–Kier alpha value is -3.52. The molecule has 27 heavy (non-hydrogen) atoms. The third-order valence-corrected chi connectivity index (χ3v) is 5.94. The molecule has 4 rings (SSSR count). The van der Waals surface area contributed by atoms with Crippen LogP contribution in [0.4, 0.5) is 16.6 Å². The fourth-order valence-electron chi connectivity index (χ4n) is 2.57. The molecule has 0 amide bonds. The Labute approximate surface area is 163 Å². The summed E-state index contributed by atoms with van der Waals surface area (Å²) in [5.41, 5.74) is 0.104. The van der Waals surface area contributed by atoms with E-state index < -0.39 is 0 Å². The Balaban J connectivity index is 1.79. The van der Waals surface area contributed by atoms with Gasteiger partial charge in [-0.05, 0) is 42.5 Å². The number of fused-ring (bicyclic) bond motifs is 1. The third kappa shape index (κ3) is 3.42. The van der Waals surface area contributed by atoms with E-state index in [1.54, 1.807) is 41.1 Å². The number of hydrogen-bond donors (Lipinski definition) is 0. The molecule has 4 aromatic rings. The third-order valence-electron chi connectivity index (χ3n) is 3.72. The fraction of sp³-hybridized carbons (Fsp3) is 0. The van der Waals surface area contributed by atoms with Crippen LogP contribution >= 0.6 is 22.7 Å². The molecule has 0 aromatic carbocycles. The largest absolute Gasteiger partial charge is 0.270 e. The van der Waals surface area contributed by atoms with Crippen molar-refractivity contribution >= 4 is 54.8 Å². The zero-order valence-electron chi connectivity index (χ0n) is 13.9. The van der Waals surface area contributed by atoms with Gasteiger partial charge in [-0.25, -0.2) is 9.97 Å². The van der Waals surface area contributed by atoms with Gasteiger partial charge in [-0.15, -0.1) is 22.7 Å². The van der Waals surface area contributed by atoms with Crippen LogP contribution in [0, 0.1) is 22.7 Å². The Morgan fingerprint density at radius 3 is 2.04 bits per heavy atom. The standard InChI is InChI=1S/C20H11N5S2/c21-12-14(13-22)9-15-10-16-17(26-15)11-20(27-16)25(18-5-1-3-7-23-18)19-6-2-4-8-24-19/h1-11H. The van der Waals surface area contributed by atoms with E-state index in [1.807, 2.05) is 59.5 Å². The van der Waals surface area contributed by atoms with Gasteiger partial charge in [0.2, 0.25) is 0 Å². The molecule has 0 N–H and O–H groups in total. The number of thiophene rings is 2. The first-order valence-electron chi connectivity index (χ1n) is 7.96. The normalized spacial score (nSPS) is 10.1. The lowest BCUT2D eigenvalue weighted by atomic mass is 10.3. The molecule has 0 fully saturated rings. The molecule has 0 atom stereocenters. The van der Waals surface area contributed by atoms with Crippen LogP contribution in [0.1, 0.15) is 4.88 Å². The van der Waals surface area contributed by atoms with Crippen LogP contribution in [0.15, 0.2) is 66.5 Å². The highest BCUT2D eigenvalue weighted by Gasteiger charge is 2.18. The molecule has 4 aromatic heterocycles. The minimum Gasteiger partial charge on any atom is -0.270 e. The van der Waals surface area contributed by atoms with E-state index in [1.165, 1.54) is 0 Å². The predicted molar refractivity (Wildman–Crippen MR) is 109 cm³/mol. The number of aromatic nitrogens is 2. The summed E-state index contributed by atoms with van der Waals surface area (Å²) < 4.78 is 2.18. The van der Waals surface area contributed by atoms with Crippen LogP contribution in [0.3, 0.4) is 0 Å². The van der Waals surface area contributed by atoms with Crippen LogP contribution in [0.25, 0.3) is 15.5 Å². The van der Waals surface area contributed by atoms with E-state index in [9.17, 15) is 0 Å². The maximum atomic E-state index is 8.93. The van der Waals surface area contributed by atoms with Gasteiger partial charge >= 0.3 is 0 Å². The maximum Gasteiger partial charge on any atom is 0.139 e. The van der Waals surface area contributed by atoms with Crippen LogP contribution in [0.5, 0.6) is 0 Å². The van der Waals surface area contributed by atoms with Gasteiger partial charge in [-0.2, -0.15) is 10.5 Å². The zero-order chi connectivity index (χ0) is 18.6. The van der Waals surface area contributed by atoms with Gasteiger partial charge in [-0.3, -0.25) is 4.90 Å². The Morgan fingerprint density at radius 1 is 0.889 bits per heavy atom. The number of nitriles is 2. The highest BCUT2D eigenvalue weighted by atomic mass is 32.1. The number of rotatable bonds is 4. The molecule has 5 nitrogen and oxygen atoms in total. The lowest BCUT2D eigenvalue weighted by Crippen LogP contribution is -2.11. The van der Waals surface area contributed by atoms with Crippen molar-refractivity contribution in [3.8, 4) is 12.1 Å². The van der Waals surface area contributed by atoms with Crippen molar-refractivity contribution in [2.45, 2.75) is 0 Å². The predicted octanol–water partition coefficient (Wildman–Crippen LogP) is 5.65. The average Bonchev–Trinajstić information content (AvgIpc) is 3.26. The van der Waals surface area contributed by atoms with Crippen LogP contribution in [-0.4, -0.2) is 9.97 Å². The Kier molecular flexibility index (Phi) is 4.63. The summed E-state index contributed by atoms with van der Waals surface area (Å²) in [4.78, 5) is 11.9. The molecule has 0 radical (unpaired) electrons. The highest BCUT2D eigenvalue weighted by molar-refractivity contribution is 7.30. The van der Waals surface area contributed by atoms with Crippen molar-refractivity contribution in [1.82, 2.24) is 9.97 Å². The molecule has 0 spiro atoms. The molecule has 128 valence electrons. The summed E-state index contributed by atoms with van der Waals surface area (Å²) in [6, 6.07) is 19.4. The first kappa shape index (κ1) is 16.9. The number of pyridine rings is 2. The smallest absolute Gasteiger partial charge is 0.139 e. The van der Waals surface area contributed by atoms with Gasteiger partial charge in [0.25, 0.3) is 0 Å². The molecule has 0 aliphatic carbocycles. The molecule has 7 heteroatoms. The van der Waals surface area contributed by atoms with Crippen molar-refractivity contribution in [2.24, 2.45) is 0 Å². The van der Waals surface area contributed by atoms with Gasteiger partial charge in [0.1, 0.15) is 34.3 Å². The fourth-order valence-corrected chi connectivity index (χ4v) is 4.93. The molecule has 0 aliphatic rings. The molecule has 0 bridgehead atoms. The molecule has 4 heterocycles. The van der Waals surface area contributed by atoms with Crippen LogP contribution in [-0.2, 0) is 0 Å². The van der Waals surface area contributed by atoms with Crippen molar-refractivity contribution in [3.63, 3.8) is 0 Å². The highest BCUT2D eigenvalue weighted by Crippen LogP contribution is 2.43. The van der Waals surface area contributed by atoms with Crippen molar-refractivity contribution in [2.75, 3.05) is 4.90 Å². The SMILES string of the molecule is N#CC(C#N)=Cc1cc2sc(N(c3ccccn3)c3ccccn3)cc2s1. The van der Waals surface area contributed by atoms with E-state index in [4.69, 9.17) is 10.5 Å². The lowest BCUT2D eigenvalue weighted by molar-refractivity contribution is 1.14. The Morgan fingerprint density at radius 2 is 1.52 bits per heavy atom. The van der Waals surface area contributed by atoms with Gasteiger partial charge in [-0.1, -0.05) is 12.1 Å². The average molecular weight is 385 g/mol. The molecular formula is C20H11N5S2. The summed E-state index contributed by atoms with van der Waals surface area (Å²) in [7, 11) is 0. The summed E-state index contributed by atoms with van der Waals surface area (Å²) in [5.74, 6) is 1.59. The second-order valence-corrected chi connectivity index (χ2v) is 7.63. The number of nitrogens with zero attached hydrogens (tertiary/aromatic N) is 5.